The number of rotatable bonds is 0. The summed E-state index contributed by atoms with van der Waals surface area (Å²) in [4.78, 5) is 11.9. The topological polar surface area (TPSA) is 29.6 Å². The van der Waals surface area contributed by atoms with E-state index in [1.165, 1.54) is 0 Å². The predicted molar refractivity (Wildman–Crippen MR) is 51.8 cm³/mol. The van der Waals surface area contributed by atoms with Gasteiger partial charge in [-0.05, 0) is 18.8 Å². The van der Waals surface area contributed by atoms with Crippen LogP contribution in [-0.4, -0.2) is 21.8 Å². The Morgan fingerprint density at radius 1 is 1.46 bits per heavy atom. The molecule has 3 aliphatic carbocycles. The van der Waals surface area contributed by atoms with E-state index in [1.54, 1.807) is 0 Å². The summed E-state index contributed by atoms with van der Waals surface area (Å²) in [7, 11) is 0. The first-order valence-electron chi connectivity index (χ1n) is 4.77. The Balaban J connectivity index is 2.15. The summed E-state index contributed by atoms with van der Waals surface area (Å²) in [6, 6.07) is 0. The van der Waals surface area contributed by atoms with Crippen molar-refractivity contribution in [2.45, 2.75) is 43.2 Å². The number of hydrogen-bond acceptors (Lipinski definition) is 2. The van der Waals surface area contributed by atoms with Crippen LogP contribution in [0.3, 0.4) is 0 Å². The molecule has 0 radical (unpaired) electrons. The molecule has 1 heterocycles. The van der Waals surface area contributed by atoms with Crippen molar-refractivity contribution < 1.29 is 9.53 Å². The van der Waals surface area contributed by atoms with Gasteiger partial charge in [-0.3, -0.25) is 4.79 Å². The van der Waals surface area contributed by atoms with Crippen LogP contribution in [0, 0.1) is 11.3 Å². The Morgan fingerprint density at radius 3 is 2.54 bits per heavy atom. The average molecular weight is 245 g/mol. The van der Waals surface area contributed by atoms with Gasteiger partial charge in [-0.1, -0.05) is 29.8 Å². The molecule has 13 heavy (non-hydrogen) atoms. The molecule has 72 valence electrons. The Morgan fingerprint density at radius 2 is 2.08 bits per heavy atom. The van der Waals surface area contributed by atoms with E-state index < -0.39 is 4.32 Å². The lowest BCUT2D eigenvalue weighted by Crippen LogP contribution is -2.74. The molecule has 4 aliphatic rings. The molecule has 0 unspecified atom stereocenters. The molecular formula is C10H13BrO2. The zero-order valence-electron chi connectivity index (χ0n) is 8.06. The van der Waals surface area contributed by atoms with Gasteiger partial charge < -0.3 is 4.74 Å². The van der Waals surface area contributed by atoms with Crippen LogP contribution in [0.25, 0.3) is 0 Å². The van der Waals surface area contributed by atoms with Gasteiger partial charge in [0, 0.05) is 5.92 Å². The molecule has 1 aliphatic heterocycles. The van der Waals surface area contributed by atoms with E-state index in [-0.39, 0.29) is 16.9 Å². The van der Waals surface area contributed by atoms with Gasteiger partial charge in [0.2, 0.25) is 0 Å². The van der Waals surface area contributed by atoms with Gasteiger partial charge in [-0.25, -0.2) is 0 Å². The summed E-state index contributed by atoms with van der Waals surface area (Å²) in [5, 5.41) is 0. The molecule has 2 nitrogen and oxygen atoms in total. The Bertz CT molecular complexity index is 318. The summed E-state index contributed by atoms with van der Waals surface area (Å²) in [5.41, 5.74) is -0.159. The molecule has 4 rings (SSSR count). The zero-order valence-corrected chi connectivity index (χ0v) is 9.64. The van der Waals surface area contributed by atoms with E-state index in [1.807, 2.05) is 0 Å². The van der Waals surface area contributed by atoms with E-state index in [2.05, 4.69) is 36.7 Å². The highest BCUT2D eigenvalue weighted by Gasteiger charge is 2.85. The minimum Gasteiger partial charge on any atom is -0.364 e. The van der Waals surface area contributed by atoms with E-state index in [9.17, 15) is 4.79 Å². The van der Waals surface area contributed by atoms with Crippen LogP contribution in [0.2, 0.25) is 0 Å². The van der Waals surface area contributed by atoms with Crippen molar-refractivity contribution in [2.24, 2.45) is 11.3 Å². The van der Waals surface area contributed by atoms with Gasteiger partial charge in [-0.15, -0.1) is 0 Å². The standard InChI is InChI=1S/C10H13BrO2/c1-8(2)5-4-6-9(3,13-6)10(8,11)7(5)12/h5-6H,4H2,1-3H3/t5-,6-,9-,10-/m0/s1. The highest BCUT2D eigenvalue weighted by Crippen LogP contribution is 2.74. The number of ether oxygens (including phenoxy) is 1. The van der Waals surface area contributed by atoms with Gasteiger partial charge in [-0.2, -0.15) is 0 Å². The number of carbonyl (C=O) groups is 1. The first-order valence-corrected chi connectivity index (χ1v) is 5.56. The first kappa shape index (κ1) is 8.42. The summed E-state index contributed by atoms with van der Waals surface area (Å²) in [6.07, 6.45) is 1.25. The lowest BCUT2D eigenvalue weighted by Gasteiger charge is -2.61. The SMILES string of the molecule is CC1(C)[C@H]2C[C@@H]3O[C@]3(C)[C@]1(Br)C2=O. The normalized spacial score (nSPS) is 61.1. The summed E-state index contributed by atoms with van der Waals surface area (Å²) >= 11 is 3.63. The quantitative estimate of drug-likeness (QED) is 0.482. The van der Waals surface area contributed by atoms with Crippen molar-refractivity contribution in [3.63, 3.8) is 0 Å². The Hall–Kier alpha value is 0.110. The van der Waals surface area contributed by atoms with Crippen LogP contribution in [0.15, 0.2) is 0 Å². The van der Waals surface area contributed by atoms with Crippen molar-refractivity contribution in [1.82, 2.24) is 0 Å². The fraction of sp³-hybridized carbons (Fsp3) is 0.900. The minimum atomic E-state index is -0.402. The Labute approximate surface area is 86.1 Å². The van der Waals surface area contributed by atoms with E-state index in [4.69, 9.17) is 4.74 Å². The van der Waals surface area contributed by atoms with Gasteiger partial charge >= 0.3 is 0 Å². The molecule has 0 N–H and O–H groups in total. The van der Waals surface area contributed by atoms with Crippen molar-refractivity contribution in [3.05, 3.63) is 0 Å². The number of hydrogen-bond donors (Lipinski definition) is 0. The molecule has 3 saturated carbocycles. The molecule has 2 bridgehead atoms. The molecule has 0 amide bonds. The second kappa shape index (κ2) is 1.76. The fourth-order valence-corrected chi connectivity index (χ4v) is 4.29. The van der Waals surface area contributed by atoms with E-state index >= 15 is 0 Å². The number of halogens is 1. The second-order valence-electron chi connectivity index (χ2n) is 5.25. The largest absolute Gasteiger partial charge is 0.364 e. The molecule has 0 aromatic rings. The molecule has 0 aromatic carbocycles. The van der Waals surface area contributed by atoms with E-state index in [0.29, 0.717) is 11.9 Å². The minimum absolute atomic E-state index is 0.0613. The van der Waals surface area contributed by atoms with Crippen LogP contribution >= 0.6 is 15.9 Å². The maximum absolute atomic E-state index is 11.9. The zero-order chi connectivity index (χ0) is 9.65. The predicted octanol–water partition coefficient (Wildman–Crippen LogP) is 1.91. The van der Waals surface area contributed by atoms with Crippen molar-refractivity contribution in [1.29, 1.82) is 0 Å². The van der Waals surface area contributed by atoms with Crippen LogP contribution in [0.1, 0.15) is 27.2 Å². The van der Waals surface area contributed by atoms with Crippen LogP contribution in [0.5, 0.6) is 0 Å². The number of epoxide rings is 1. The lowest BCUT2D eigenvalue weighted by molar-refractivity contribution is -0.154. The molecule has 4 fully saturated rings. The molecule has 4 atom stereocenters. The summed E-state index contributed by atoms with van der Waals surface area (Å²) < 4.78 is 5.26. The molecule has 0 aromatic heterocycles. The number of ketones is 1. The first-order chi connectivity index (χ1) is 5.86. The highest BCUT2D eigenvalue weighted by atomic mass is 79.9. The van der Waals surface area contributed by atoms with Crippen LogP contribution in [0.4, 0.5) is 0 Å². The van der Waals surface area contributed by atoms with Crippen LogP contribution in [-0.2, 0) is 9.53 Å². The number of carbonyl (C=O) groups excluding carboxylic acids is 1. The van der Waals surface area contributed by atoms with Crippen molar-refractivity contribution in [3.8, 4) is 0 Å². The van der Waals surface area contributed by atoms with Crippen molar-refractivity contribution in [2.75, 3.05) is 0 Å². The molecule has 0 spiro atoms. The number of alkyl halides is 1. The van der Waals surface area contributed by atoms with Gasteiger partial charge in [0.15, 0.2) is 5.78 Å². The molecule has 1 saturated heterocycles. The highest BCUT2D eigenvalue weighted by molar-refractivity contribution is 9.10. The third kappa shape index (κ3) is 0.558. The Kier molecular flexibility index (Phi) is 1.14. The number of Topliss-reactive ketones (excluding diaryl/α,β-unsaturated/α-hetero) is 1. The molecular weight excluding hydrogens is 232 g/mol. The maximum atomic E-state index is 11.9. The molecule has 3 heteroatoms. The van der Waals surface area contributed by atoms with E-state index in [0.717, 1.165) is 6.42 Å². The summed E-state index contributed by atoms with van der Waals surface area (Å²) in [6.45, 7) is 6.38. The second-order valence-corrected chi connectivity index (χ2v) is 6.44. The van der Waals surface area contributed by atoms with Gasteiger partial charge in [0.05, 0.1) is 6.10 Å². The third-order valence-electron chi connectivity index (χ3n) is 4.49. The third-order valence-corrected chi connectivity index (χ3v) is 6.69. The smallest absolute Gasteiger partial charge is 0.156 e. The summed E-state index contributed by atoms with van der Waals surface area (Å²) in [5.74, 6) is 0.571. The van der Waals surface area contributed by atoms with Crippen molar-refractivity contribution >= 4 is 21.7 Å². The van der Waals surface area contributed by atoms with Gasteiger partial charge in [0.1, 0.15) is 9.93 Å². The van der Waals surface area contributed by atoms with Gasteiger partial charge in [0.25, 0.3) is 0 Å². The lowest BCUT2D eigenvalue weighted by atomic mass is 9.45. The van der Waals surface area contributed by atoms with Crippen LogP contribution < -0.4 is 0 Å². The average Bonchev–Trinajstić information content (AvgIpc) is 2.71. The monoisotopic (exact) mass is 244 g/mol. The fourth-order valence-electron chi connectivity index (χ4n) is 3.39. The maximum Gasteiger partial charge on any atom is 0.156 e.